The van der Waals surface area contributed by atoms with E-state index in [1.54, 1.807) is 0 Å². The van der Waals surface area contributed by atoms with Crippen molar-refractivity contribution < 1.29 is 9.47 Å². The van der Waals surface area contributed by atoms with E-state index in [0.717, 1.165) is 5.56 Å². The number of ether oxygens (including phenoxy) is 2. The fourth-order valence-electron chi connectivity index (χ4n) is 1.53. The first-order valence-corrected chi connectivity index (χ1v) is 4.81. The van der Waals surface area contributed by atoms with Gasteiger partial charge in [-0.05, 0) is 6.92 Å². The highest BCUT2D eigenvalue weighted by atomic mass is 16.7. The molecule has 0 radical (unpaired) electrons. The number of benzene rings is 1. The van der Waals surface area contributed by atoms with Crippen molar-refractivity contribution in [3.05, 3.63) is 35.4 Å². The van der Waals surface area contributed by atoms with Crippen LogP contribution in [0.3, 0.4) is 0 Å². The quantitative estimate of drug-likeness (QED) is 0.732. The lowest BCUT2D eigenvalue weighted by Gasteiger charge is -2.27. The summed E-state index contributed by atoms with van der Waals surface area (Å²) in [7, 11) is 0. The molecule has 0 aliphatic carbocycles. The maximum Gasteiger partial charge on any atom is 0.183 e. The van der Waals surface area contributed by atoms with E-state index in [1.165, 1.54) is 5.56 Å². The van der Waals surface area contributed by atoms with Gasteiger partial charge >= 0.3 is 0 Å². The molecular formula is C11H15NO2. The number of hydrogen-bond donors (Lipinski definition) is 1. The van der Waals surface area contributed by atoms with Gasteiger partial charge in [-0.3, -0.25) is 0 Å². The summed E-state index contributed by atoms with van der Waals surface area (Å²) >= 11 is 0. The van der Waals surface area contributed by atoms with E-state index in [0.29, 0.717) is 13.2 Å². The number of aryl methyl sites for hydroxylation is 1. The summed E-state index contributed by atoms with van der Waals surface area (Å²) in [4.78, 5) is 0. The van der Waals surface area contributed by atoms with Crippen LogP contribution in [-0.4, -0.2) is 19.3 Å². The van der Waals surface area contributed by atoms with E-state index in [1.807, 2.05) is 12.1 Å². The molecule has 1 aromatic rings. The van der Waals surface area contributed by atoms with Crippen LogP contribution < -0.4 is 5.73 Å². The molecule has 2 rings (SSSR count). The first-order chi connectivity index (χ1) is 6.75. The molecule has 0 saturated carbocycles. The zero-order valence-electron chi connectivity index (χ0n) is 8.27. The largest absolute Gasteiger partial charge is 0.347 e. The van der Waals surface area contributed by atoms with Crippen molar-refractivity contribution in [3.63, 3.8) is 0 Å². The molecule has 1 aliphatic heterocycles. The van der Waals surface area contributed by atoms with Crippen LogP contribution in [0.4, 0.5) is 0 Å². The lowest BCUT2D eigenvalue weighted by atomic mass is 10.1. The average molecular weight is 193 g/mol. The summed E-state index contributed by atoms with van der Waals surface area (Å²) in [5.74, 6) is 0. The SMILES string of the molecule is Cc1cccc(C2OCC(N)CO2)c1. The highest BCUT2D eigenvalue weighted by Gasteiger charge is 2.20. The van der Waals surface area contributed by atoms with Gasteiger partial charge in [-0.15, -0.1) is 0 Å². The van der Waals surface area contributed by atoms with Gasteiger partial charge in [0.15, 0.2) is 6.29 Å². The number of nitrogens with two attached hydrogens (primary N) is 1. The van der Waals surface area contributed by atoms with Crippen LogP contribution in [0.25, 0.3) is 0 Å². The second-order valence-corrected chi connectivity index (χ2v) is 3.67. The Morgan fingerprint density at radius 3 is 2.64 bits per heavy atom. The van der Waals surface area contributed by atoms with E-state index in [-0.39, 0.29) is 12.3 Å². The van der Waals surface area contributed by atoms with Crippen LogP contribution in [0, 0.1) is 6.92 Å². The molecule has 1 saturated heterocycles. The van der Waals surface area contributed by atoms with Gasteiger partial charge in [0.2, 0.25) is 0 Å². The molecule has 14 heavy (non-hydrogen) atoms. The van der Waals surface area contributed by atoms with Crippen molar-refractivity contribution in [1.29, 1.82) is 0 Å². The molecule has 2 N–H and O–H groups in total. The molecular weight excluding hydrogens is 178 g/mol. The molecule has 0 bridgehead atoms. The molecule has 1 heterocycles. The van der Waals surface area contributed by atoms with Crippen LogP contribution in [-0.2, 0) is 9.47 Å². The predicted octanol–water partition coefficient (Wildman–Crippen LogP) is 1.37. The topological polar surface area (TPSA) is 44.5 Å². The van der Waals surface area contributed by atoms with Crippen molar-refractivity contribution in [3.8, 4) is 0 Å². The van der Waals surface area contributed by atoms with Gasteiger partial charge in [-0.1, -0.05) is 29.8 Å². The van der Waals surface area contributed by atoms with Crippen molar-refractivity contribution in [1.82, 2.24) is 0 Å². The first kappa shape index (κ1) is 9.65. The minimum atomic E-state index is -0.241. The van der Waals surface area contributed by atoms with Crippen molar-refractivity contribution in [2.75, 3.05) is 13.2 Å². The molecule has 0 atom stereocenters. The third-order valence-corrected chi connectivity index (χ3v) is 2.24. The van der Waals surface area contributed by atoms with Crippen LogP contribution in [0.15, 0.2) is 24.3 Å². The molecule has 1 aliphatic rings. The van der Waals surface area contributed by atoms with E-state index < -0.39 is 0 Å². The monoisotopic (exact) mass is 193 g/mol. The predicted molar refractivity (Wildman–Crippen MR) is 53.8 cm³/mol. The lowest BCUT2D eigenvalue weighted by molar-refractivity contribution is -0.189. The summed E-state index contributed by atoms with van der Waals surface area (Å²) < 4.78 is 11.0. The Kier molecular flexibility index (Phi) is 2.82. The third kappa shape index (κ3) is 2.12. The second-order valence-electron chi connectivity index (χ2n) is 3.67. The van der Waals surface area contributed by atoms with Gasteiger partial charge in [0.05, 0.1) is 19.3 Å². The van der Waals surface area contributed by atoms with Crippen molar-refractivity contribution in [2.45, 2.75) is 19.3 Å². The normalized spacial score (nSPS) is 27.6. The molecule has 0 aromatic heterocycles. The number of hydrogen-bond acceptors (Lipinski definition) is 3. The maximum atomic E-state index is 5.65. The Hall–Kier alpha value is -0.900. The summed E-state index contributed by atoms with van der Waals surface area (Å²) in [5, 5.41) is 0. The second kappa shape index (κ2) is 4.09. The minimum Gasteiger partial charge on any atom is -0.347 e. The highest BCUT2D eigenvalue weighted by Crippen LogP contribution is 2.22. The average Bonchev–Trinajstić information content (AvgIpc) is 2.19. The molecule has 1 aromatic carbocycles. The van der Waals surface area contributed by atoms with E-state index >= 15 is 0 Å². The number of rotatable bonds is 1. The Balaban J connectivity index is 2.08. The highest BCUT2D eigenvalue weighted by molar-refractivity contribution is 5.23. The van der Waals surface area contributed by atoms with E-state index in [4.69, 9.17) is 15.2 Å². The summed E-state index contributed by atoms with van der Waals surface area (Å²) in [6.07, 6.45) is -0.241. The van der Waals surface area contributed by atoms with Crippen molar-refractivity contribution in [2.24, 2.45) is 5.73 Å². The summed E-state index contributed by atoms with van der Waals surface area (Å²) in [6, 6.07) is 8.15. The Morgan fingerprint density at radius 1 is 1.29 bits per heavy atom. The molecule has 1 fully saturated rings. The minimum absolute atomic E-state index is 0.0102. The molecule has 3 nitrogen and oxygen atoms in total. The van der Waals surface area contributed by atoms with Crippen LogP contribution in [0.2, 0.25) is 0 Å². The van der Waals surface area contributed by atoms with Gasteiger partial charge < -0.3 is 15.2 Å². The van der Waals surface area contributed by atoms with Gasteiger partial charge in [0.1, 0.15) is 0 Å². The zero-order chi connectivity index (χ0) is 9.97. The van der Waals surface area contributed by atoms with Crippen LogP contribution in [0.5, 0.6) is 0 Å². The molecule has 0 spiro atoms. The molecule has 76 valence electrons. The first-order valence-electron chi connectivity index (χ1n) is 4.81. The van der Waals surface area contributed by atoms with E-state index in [2.05, 4.69) is 19.1 Å². The Labute approximate surface area is 83.8 Å². The molecule has 3 heteroatoms. The molecule has 0 unspecified atom stereocenters. The van der Waals surface area contributed by atoms with Gasteiger partial charge in [-0.25, -0.2) is 0 Å². The molecule has 0 amide bonds. The fraction of sp³-hybridized carbons (Fsp3) is 0.455. The van der Waals surface area contributed by atoms with Crippen LogP contribution >= 0.6 is 0 Å². The maximum absolute atomic E-state index is 5.65. The Morgan fingerprint density at radius 2 is 2.00 bits per heavy atom. The summed E-state index contributed by atoms with van der Waals surface area (Å²) in [5.41, 5.74) is 7.93. The Bertz CT molecular complexity index is 306. The van der Waals surface area contributed by atoms with Gasteiger partial charge in [-0.2, -0.15) is 0 Å². The fourth-order valence-corrected chi connectivity index (χ4v) is 1.53. The lowest BCUT2D eigenvalue weighted by Crippen LogP contribution is -2.37. The van der Waals surface area contributed by atoms with E-state index in [9.17, 15) is 0 Å². The van der Waals surface area contributed by atoms with Crippen molar-refractivity contribution >= 4 is 0 Å². The zero-order valence-corrected chi connectivity index (χ0v) is 8.27. The smallest absolute Gasteiger partial charge is 0.183 e. The van der Waals surface area contributed by atoms with Gasteiger partial charge in [0.25, 0.3) is 0 Å². The van der Waals surface area contributed by atoms with Gasteiger partial charge in [0, 0.05) is 5.56 Å². The third-order valence-electron chi connectivity index (χ3n) is 2.24. The van der Waals surface area contributed by atoms with Crippen LogP contribution in [0.1, 0.15) is 17.4 Å². The standard InChI is InChI=1S/C11H15NO2/c1-8-3-2-4-9(5-8)11-13-6-10(12)7-14-11/h2-5,10-11H,6-7,12H2,1H3. The summed E-state index contributed by atoms with van der Waals surface area (Å²) in [6.45, 7) is 3.19.